The first-order chi connectivity index (χ1) is 13.6. The molecule has 0 heterocycles. The van der Waals surface area contributed by atoms with Crippen LogP contribution in [0.1, 0.15) is 27.0 Å². The highest BCUT2D eigenvalue weighted by Gasteiger charge is 2.30. The monoisotopic (exact) mass is 399 g/mol. The van der Waals surface area contributed by atoms with Crippen molar-refractivity contribution in [2.24, 2.45) is 0 Å². The molecule has 0 spiro atoms. The van der Waals surface area contributed by atoms with Gasteiger partial charge in [0.25, 0.3) is 5.91 Å². The lowest BCUT2D eigenvalue weighted by atomic mass is 9.94. The van der Waals surface area contributed by atoms with Crippen LogP contribution >= 0.6 is 0 Å². The Balaban J connectivity index is 1.91. The fourth-order valence-electron chi connectivity index (χ4n) is 3.28. The van der Waals surface area contributed by atoms with E-state index in [4.69, 9.17) is 0 Å². The highest BCUT2D eigenvalue weighted by molar-refractivity contribution is 6.08. The van der Waals surface area contributed by atoms with E-state index in [9.17, 15) is 23.1 Å². The second-order valence-corrected chi connectivity index (χ2v) is 6.94. The molecule has 0 saturated heterocycles. The van der Waals surface area contributed by atoms with Gasteiger partial charge in [-0.15, -0.1) is 0 Å². The number of hydrogen-bond donors (Lipinski definition) is 1. The van der Waals surface area contributed by atoms with Gasteiger partial charge in [0.15, 0.2) is 0 Å². The van der Waals surface area contributed by atoms with E-state index >= 15 is 0 Å². The molecule has 0 fully saturated rings. The summed E-state index contributed by atoms with van der Waals surface area (Å²) in [6, 6.07) is 15.0. The topological polar surface area (TPSA) is 40.5 Å². The Bertz CT molecular complexity index is 1020. The number of alkyl halides is 3. The van der Waals surface area contributed by atoms with Gasteiger partial charge in [0, 0.05) is 18.3 Å². The molecule has 1 amide bonds. The molecule has 0 aliphatic carbocycles. The summed E-state index contributed by atoms with van der Waals surface area (Å²) < 4.78 is 38.3. The Morgan fingerprint density at radius 1 is 0.862 bits per heavy atom. The normalized spacial score (nSPS) is 11.4. The van der Waals surface area contributed by atoms with Crippen molar-refractivity contribution in [1.82, 2.24) is 0 Å². The van der Waals surface area contributed by atoms with Crippen molar-refractivity contribution in [1.29, 1.82) is 0 Å². The van der Waals surface area contributed by atoms with Crippen LogP contribution in [0.3, 0.4) is 0 Å². The molecule has 0 bridgehead atoms. The maximum atomic E-state index is 13.0. The number of nitrogens with zero attached hydrogens (tertiary/aromatic N) is 1. The van der Waals surface area contributed by atoms with Crippen molar-refractivity contribution in [2.75, 3.05) is 11.9 Å². The van der Waals surface area contributed by atoms with Gasteiger partial charge >= 0.3 is 6.18 Å². The van der Waals surface area contributed by atoms with E-state index in [1.54, 1.807) is 24.3 Å². The number of benzene rings is 3. The van der Waals surface area contributed by atoms with Gasteiger partial charge in [-0.2, -0.15) is 13.2 Å². The van der Waals surface area contributed by atoms with Crippen LogP contribution in [-0.2, 0) is 6.18 Å². The van der Waals surface area contributed by atoms with Crippen molar-refractivity contribution in [3.05, 3.63) is 82.9 Å². The standard InChI is InChI=1S/C23H20F3NO2/c1-14-12-17(16-4-10-20(28)11-5-16)13-15(2)21(14)22(29)27(3)19-8-6-18(7-9-19)23(24,25)26/h4-13,28H,1-3H3. The van der Waals surface area contributed by atoms with Crippen LogP contribution in [0.5, 0.6) is 5.75 Å². The summed E-state index contributed by atoms with van der Waals surface area (Å²) in [5.74, 6) is -0.121. The number of phenolic OH excluding ortho intramolecular Hbond substituents is 1. The number of halogens is 3. The largest absolute Gasteiger partial charge is 0.508 e. The quantitative estimate of drug-likeness (QED) is 0.589. The third-order valence-electron chi connectivity index (χ3n) is 4.83. The molecule has 0 atom stereocenters. The SMILES string of the molecule is Cc1cc(-c2ccc(O)cc2)cc(C)c1C(=O)N(C)c1ccc(C(F)(F)F)cc1. The highest BCUT2D eigenvalue weighted by Crippen LogP contribution is 2.31. The molecule has 3 aromatic carbocycles. The number of anilines is 1. The predicted octanol–water partition coefficient (Wildman–Crippen LogP) is 5.97. The number of phenols is 1. The summed E-state index contributed by atoms with van der Waals surface area (Å²) in [6.07, 6.45) is -4.42. The van der Waals surface area contributed by atoms with E-state index in [1.165, 1.54) is 24.1 Å². The van der Waals surface area contributed by atoms with Crippen molar-refractivity contribution in [3.63, 3.8) is 0 Å². The molecular weight excluding hydrogens is 379 g/mol. The van der Waals surface area contributed by atoms with Crippen LogP contribution in [0, 0.1) is 13.8 Å². The number of rotatable bonds is 3. The van der Waals surface area contributed by atoms with Gasteiger partial charge in [0.05, 0.1) is 5.56 Å². The van der Waals surface area contributed by atoms with E-state index in [0.29, 0.717) is 11.3 Å². The van der Waals surface area contributed by atoms with Crippen molar-refractivity contribution < 1.29 is 23.1 Å². The molecule has 0 aliphatic rings. The number of carbonyl (C=O) groups is 1. The Labute approximate surface area is 167 Å². The third kappa shape index (κ3) is 4.26. The van der Waals surface area contributed by atoms with E-state index in [1.807, 2.05) is 26.0 Å². The maximum absolute atomic E-state index is 13.0. The molecule has 0 radical (unpaired) electrons. The predicted molar refractivity (Wildman–Crippen MR) is 107 cm³/mol. The Morgan fingerprint density at radius 3 is 1.86 bits per heavy atom. The maximum Gasteiger partial charge on any atom is 0.416 e. The molecule has 0 unspecified atom stereocenters. The van der Waals surface area contributed by atoms with Crippen LogP contribution in [0.4, 0.5) is 18.9 Å². The molecule has 3 aromatic rings. The van der Waals surface area contributed by atoms with Crippen molar-refractivity contribution >= 4 is 11.6 Å². The molecule has 0 aliphatic heterocycles. The summed E-state index contributed by atoms with van der Waals surface area (Å²) >= 11 is 0. The zero-order chi connectivity index (χ0) is 21.3. The molecule has 0 saturated carbocycles. The van der Waals surface area contributed by atoms with Gasteiger partial charge in [-0.1, -0.05) is 24.3 Å². The fourth-order valence-corrected chi connectivity index (χ4v) is 3.28. The van der Waals surface area contributed by atoms with E-state index < -0.39 is 11.7 Å². The van der Waals surface area contributed by atoms with Crippen LogP contribution < -0.4 is 4.90 Å². The number of aromatic hydroxyl groups is 1. The van der Waals surface area contributed by atoms with Crippen LogP contribution in [-0.4, -0.2) is 18.1 Å². The zero-order valence-electron chi connectivity index (χ0n) is 16.2. The summed E-state index contributed by atoms with van der Waals surface area (Å²) in [4.78, 5) is 14.4. The molecular formula is C23H20F3NO2. The smallest absolute Gasteiger partial charge is 0.416 e. The van der Waals surface area contributed by atoms with Gasteiger partial charge in [-0.05, 0) is 72.5 Å². The second-order valence-electron chi connectivity index (χ2n) is 6.94. The van der Waals surface area contributed by atoms with E-state index in [2.05, 4.69) is 0 Å². The van der Waals surface area contributed by atoms with Crippen LogP contribution in [0.25, 0.3) is 11.1 Å². The van der Waals surface area contributed by atoms with E-state index in [-0.39, 0.29) is 11.7 Å². The first-order valence-corrected chi connectivity index (χ1v) is 8.94. The summed E-state index contributed by atoms with van der Waals surface area (Å²) in [6.45, 7) is 3.65. The van der Waals surface area contributed by atoms with Gasteiger partial charge in [0.1, 0.15) is 5.75 Å². The van der Waals surface area contributed by atoms with Gasteiger partial charge in [0.2, 0.25) is 0 Å². The fraction of sp³-hybridized carbons (Fsp3) is 0.174. The minimum absolute atomic E-state index is 0.173. The molecule has 0 aromatic heterocycles. The minimum atomic E-state index is -4.42. The molecule has 6 heteroatoms. The molecule has 3 nitrogen and oxygen atoms in total. The number of hydrogen-bond acceptors (Lipinski definition) is 2. The van der Waals surface area contributed by atoms with Crippen LogP contribution in [0.15, 0.2) is 60.7 Å². The summed E-state index contributed by atoms with van der Waals surface area (Å²) in [7, 11) is 1.54. The molecule has 150 valence electrons. The zero-order valence-corrected chi connectivity index (χ0v) is 16.2. The average Bonchev–Trinajstić information content (AvgIpc) is 2.66. The lowest BCUT2D eigenvalue weighted by Gasteiger charge is -2.21. The second kappa shape index (κ2) is 7.62. The van der Waals surface area contributed by atoms with Crippen molar-refractivity contribution in [3.8, 4) is 16.9 Å². The summed E-state index contributed by atoms with van der Waals surface area (Å²) in [5, 5.41) is 9.45. The molecule has 29 heavy (non-hydrogen) atoms. The average molecular weight is 399 g/mol. The van der Waals surface area contributed by atoms with Gasteiger partial charge in [-0.25, -0.2) is 0 Å². The molecule has 3 rings (SSSR count). The number of carbonyl (C=O) groups excluding carboxylic acids is 1. The lowest BCUT2D eigenvalue weighted by molar-refractivity contribution is -0.137. The Kier molecular flexibility index (Phi) is 5.38. The first kappa shape index (κ1) is 20.5. The summed E-state index contributed by atoms with van der Waals surface area (Å²) in [5.41, 5.74) is 3.47. The number of amides is 1. The van der Waals surface area contributed by atoms with Gasteiger partial charge < -0.3 is 10.0 Å². The molecule has 1 N–H and O–H groups in total. The first-order valence-electron chi connectivity index (χ1n) is 8.94. The van der Waals surface area contributed by atoms with Crippen LogP contribution in [0.2, 0.25) is 0 Å². The lowest BCUT2D eigenvalue weighted by Crippen LogP contribution is -2.27. The Hall–Kier alpha value is -3.28. The highest BCUT2D eigenvalue weighted by atomic mass is 19.4. The van der Waals surface area contributed by atoms with Crippen molar-refractivity contribution in [2.45, 2.75) is 20.0 Å². The minimum Gasteiger partial charge on any atom is -0.508 e. The van der Waals surface area contributed by atoms with Gasteiger partial charge in [-0.3, -0.25) is 4.79 Å². The Morgan fingerprint density at radius 2 is 1.38 bits per heavy atom. The number of aryl methyl sites for hydroxylation is 2. The van der Waals surface area contributed by atoms with E-state index in [0.717, 1.165) is 34.4 Å². The third-order valence-corrected chi connectivity index (χ3v) is 4.83.